The fourth-order valence-corrected chi connectivity index (χ4v) is 5.99. The zero-order chi connectivity index (χ0) is 34.2. The summed E-state index contributed by atoms with van der Waals surface area (Å²) in [7, 11) is 3.10. The summed E-state index contributed by atoms with van der Waals surface area (Å²) in [6.07, 6.45) is -3.60. The molecule has 0 saturated carbocycles. The van der Waals surface area contributed by atoms with Crippen molar-refractivity contribution in [2.75, 3.05) is 38.4 Å². The van der Waals surface area contributed by atoms with Crippen LogP contribution in [0.3, 0.4) is 0 Å². The standard InChI is InChI=1S/C33H34F5N3O6/c1-17-12-26(45-4)28(32(44)40(17)3)22-8-7-19(21-6-5-10-47-30(21)22)13-25(18(2)42)39-31(43)29-23(34)14-20(15-24(29)35)41-9-11-46-16-27(41)33(36,37)38/h7-8,12,14-15,25,27H,5-6,9-11,13,16H2,1-4H3,(H,39,43)/t25-,27+/m0/s1. The van der Waals surface area contributed by atoms with Gasteiger partial charge in [-0.3, -0.25) is 14.4 Å². The smallest absolute Gasteiger partial charge is 0.411 e. The monoisotopic (exact) mass is 663 g/mol. The summed E-state index contributed by atoms with van der Waals surface area (Å²) in [4.78, 5) is 40.0. The van der Waals surface area contributed by atoms with Gasteiger partial charge in [-0.25, -0.2) is 8.78 Å². The fraction of sp³-hybridized carbons (Fsp3) is 0.424. The number of ether oxygens (including phenoxy) is 3. The summed E-state index contributed by atoms with van der Waals surface area (Å²) in [6.45, 7) is 2.32. The number of nitrogens with zero attached hydrogens (tertiary/aromatic N) is 2. The molecule has 47 heavy (non-hydrogen) atoms. The van der Waals surface area contributed by atoms with Gasteiger partial charge in [0.05, 0.1) is 38.5 Å². The number of hydrogen-bond acceptors (Lipinski definition) is 7. The summed E-state index contributed by atoms with van der Waals surface area (Å²) < 4.78 is 89.0. The summed E-state index contributed by atoms with van der Waals surface area (Å²) in [5.74, 6) is -3.70. The van der Waals surface area contributed by atoms with E-state index < -0.39 is 59.4 Å². The van der Waals surface area contributed by atoms with E-state index in [-0.39, 0.29) is 25.1 Å². The van der Waals surface area contributed by atoms with Gasteiger partial charge in [-0.05, 0) is 49.9 Å². The number of aryl methyl sites for hydroxylation is 1. The van der Waals surface area contributed by atoms with Crippen LogP contribution in [-0.4, -0.2) is 68.0 Å². The van der Waals surface area contributed by atoms with Crippen molar-refractivity contribution in [2.24, 2.45) is 7.05 Å². The highest BCUT2D eigenvalue weighted by atomic mass is 19.4. The fourth-order valence-electron chi connectivity index (χ4n) is 5.99. The van der Waals surface area contributed by atoms with Gasteiger partial charge in [0.25, 0.3) is 11.5 Å². The SMILES string of the molecule is COc1cc(C)n(C)c(=O)c1-c1ccc(C[C@H](NC(=O)c2c(F)cc(N3CCOC[C@@H]3C(F)(F)F)cc2F)C(C)=O)c2c1OCCC2. The molecule has 1 amide bonds. The third kappa shape index (κ3) is 6.69. The van der Waals surface area contributed by atoms with Crippen molar-refractivity contribution in [3.63, 3.8) is 0 Å². The van der Waals surface area contributed by atoms with Gasteiger partial charge in [0.1, 0.15) is 34.7 Å². The largest absolute Gasteiger partial charge is 0.496 e. The Morgan fingerprint density at radius 3 is 2.47 bits per heavy atom. The average molecular weight is 664 g/mol. The summed E-state index contributed by atoms with van der Waals surface area (Å²) in [5.41, 5.74) is 1.11. The maximum atomic E-state index is 15.2. The van der Waals surface area contributed by atoms with Gasteiger partial charge in [0.2, 0.25) is 0 Å². The first-order valence-corrected chi connectivity index (χ1v) is 15.0. The third-order valence-corrected chi connectivity index (χ3v) is 8.61. The molecule has 0 bridgehead atoms. The van der Waals surface area contributed by atoms with Crippen molar-refractivity contribution in [1.82, 2.24) is 9.88 Å². The summed E-state index contributed by atoms with van der Waals surface area (Å²) >= 11 is 0. The average Bonchev–Trinajstić information content (AvgIpc) is 3.02. The Bertz CT molecular complexity index is 1750. The highest BCUT2D eigenvalue weighted by Crippen LogP contribution is 2.41. The second-order valence-electron chi connectivity index (χ2n) is 11.6. The molecule has 3 aromatic rings. The van der Waals surface area contributed by atoms with Crippen LogP contribution < -0.4 is 25.2 Å². The van der Waals surface area contributed by atoms with Crippen LogP contribution in [0.25, 0.3) is 11.1 Å². The number of aromatic nitrogens is 1. The molecule has 5 rings (SSSR count). The molecule has 1 fully saturated rings. The molecule has 252 valence electrons. The van der Waals surface area contributed by atoms with Crippen LogP contribution in [0.15, 0.2) is 35.1 Å². The number of benzene rings is 2. The van der Waals surface area contributed by atoms with E-state index in [1.165, 1.54) is 18.6 Å². The normalized spacial score (nSPS) is 17.0. The van der Waals surface area contributed by atoms with E-state index in [0.29, 0.717) is 71.0 Å². The number of ketones is 1. The number of amides is 1. The highest BCUT2D eigenvalue weighted by Gasteiger charge is 2.46. The Labute approximate surface area is 267 Å². The number of nitrogens with one attached hydrogen (secondary N) is 1. The van der Waals surface area contributed by atoms with Crippen molar-refractivity contribution in [1.29, 1.82) is 0 Å². The number of anilines is 1. The Hall–Kier alpha value is -4.46. The van der Waals surface area contributed by atoms with E-state index in [2.05, 4.69) is 5.32 Å². The van der Waals surface area contributed by atoms with E-state index in [0.717, 1.165) is 4.90 Å². The minimum absolute atomic E-state index is 0.0571. The molecule has 0 unspecified atom stereocenters. The van der Waals surface area contributed by atoms with Crippen LogP contribution in [0.1, 0.15) is 40.5 Å². The van der Waals surface area contributed by atoms with Crippen LogP contribution in [0.5, 0.6) is 11.5 Å². The number of fused-ring (bicyclic) bond motifs is 1. The summed E-state index contributed by atoms with van der Waals surface area (Å²) in [6, 6.07) is 3.12. The highest BCUT2D eigenvalue weighted by molar-refractivity contribution is 5.98. The molecule has 2 aliphatic heterocycles. The number of rotatable bonds is 8. The van der Waals surface area contributed by atoms with Crippen molar-refractivity contribution in [3.8, 4) is 22.6 Å². The number of halogens is 5. The minimum Gasteiger partial charge on any atom is -0.496 e. The van der Waals surface area contributed by atoms with E-state index in [1.807, 2.05) is 0 Å². The molecule has 9 nitrogen and oxygen atoms in total. The van der Waals surface area contributed by atoms with Gasteiger partial charge in [0, 0.05) is 43.0 Å². The molecular formula is C33H34F5N3O6. The lowest BCUT2D eigenvalue weighted by Crippen LogP contribution is -2.53. The quantitative estimate of drug-likeness (QED) is 0.350. The molecule has 14 heteroatoms. The first-order valence-electron chi connectivity index (χ1n) is 15.0. The minimum atomic E-state index is -4.72. The van der Waals surface area contributed by atoms with Gasteiger partial charge in [0.15, 0.2) is 5.78 Å². The molecule has 0 radical (unpaired) electrons. The molecular weight excluding hydrogens is 629 g/mol. The van der Waals surface area contributed by atoms with Crippen LogP contribution in [-0.2, 0) is 29.4 Å². The van der Waals surface area contributed by atoms with Crippen molar-refractivity contribution >= 4 is 17.4 Å². The first kappa shape index (κ1) is 33.9. The van der Waals surface area contributed by atoms with Crippen LogP contribution in [0, 0.1) is 18.6 Å². The van der Waals surface area contributed by atoms with Crippen molar-refractivity contribution in [2.45, 2.75) is 51.4 Å². The number of morpholine rings is 1. The molecule has 3 heterocycles. The lowest BCUT2D eigenvalue weighted by atomic mass is 9.89. The molecule has 1 aromatic heterocycles. The van der Waals surface area contributed by atoms with Gasteiger partial charge in [-0.2, -0.15) is 13.2 Å². The van der Waals surface area contributed by atoms with Gasteiger partial charge < -0.3 is 29.0 Å². The Morgan fingerprint density at radius 2 is 1.83 bits per heavy atom. The van der Waals surface area contributed by atoms with Gasteiger partial charge in [-0.1, -0.05) is 12.1 Å². The Kier molecular flexibility index (Phi) is 9.62. The maximum absolute atomic E-state index is 15.2. The molecule has 2 atom stereocenters. The summed E-state index contributed by atoms with van der Waals surface area (Å²) in [5, 5.41) is 2.39. The second kappa shape index (κ2) is 13.3. The third-order valence-electron chi connectivity index (χ3n) is 8.61. The number of carbonyl (C=O) groups excluding carboxylic acids is 2. The van der Waals surface area contributed by atoms with E-state index in [4.69, 9.17) is 14.2 Å². The Morgan fingerprint density at radius 1 is 1.13 bits per heavy atom. The number of hydrogen-bond donors (Lipinski definition) is 1. The van der Waals surface area contributed by atoms with Crippen LogP contribution >= 0.6 is 0 Å². The number of Topliss-reactive ketones (excluding diaryl/α,β-unsaturated/α-hetero) is 1. The Balaban J connectivity index is 1.44. The lowest BCUT2D eigenvalue weighted by molar-refractivity contribution is -0.167. The number of alkyl halides is 3. The topological polar surface area (TPSA) is 99.1 Å². The number of carbonyl (C=O) groups is 2. The van der Waals surface area contributed by atoms with E-state index in [1.54, 1.807) is 32.2 Å². The number of pyridine rings is 1. The first-order chi connectivity index (χ1) is 22.2. The van der Waals surface area contributed by atoms with Crippen molar-refractivity contribution in [3.05, 3.63) is 74.7 Å². The molecule has 2 aromatic carbocycles. The molecule has 0 aliphatic carbocycles. The van der Waals surface area contributed by atoms with Gasteiger partial charge in [-0.15, -0.1) is 0 Å². The predicted molar refractivity (Wildman–Crippen MR) is 162 cm³/mol. The van der Waals surface area contributed by atoms with E-state index in [9.17, 15) is 27.6 Å². The maximum Gasteiger partial charge on any atom is 0.411 e. The molecule has 2 aliphatic rings. The molecule has 1 N–H and O–H groups in total. The number of methoxy groups -OCH3 is 1. The van der Waals surface area contributed by atoms with Crippen LogP contribution in [0.2, 0.25) is 0 Å². The molecule has 0 spiro atoms. The van der Waals surface area contributed by atoms with E-state index >= 15 is 8.78 Å². The second-order valence-corrected chi connectivity index (χ2v) is 11.6. The van der Waals surface area contributed by atoms with Gasteiger partial charge >= 0.3 is 6.18 Å². The van der Waals surface area contributed by atoms with Crippen LogP contribution in [0.4, 0.5) is 27.6 Å². The zero-order valence-electron chi connectivity index (χ0n) is 26.2. The predicted octanol–water partition coefficient (Wildman–Crippen LogP) is 4.67. The van der Waals surface area contributed by atoms with Crippen molar-refractivity contribution < 1.29 is 45.8 Å². The zero-order valence-corrected chi connectivity index (χ0v) is 26.2. The lowest BCUT2D eigenvalue weighted by Gasteiger charge is -2.38. The molecule has 1 saturated heterocycles.